The summed E-state index contributed by atoms with van der Waals surface area (Å²) < 4.78 is 7.39. The van der Waals surface area contributed by atoms with E-state index in [9.17, 15) is 10.1 Å². The Hall–Kier alpha value is -2.55. The highest BCUT2D eigenvalue weighted by Crippen LogP contribution is 2.23. The molecule has 27 heavy (non-hydrogen) atoms. The molecule has 0 aliphatic rings. The van der Waals surface area contributed by atoms with E-state index in [2.05, 4.69) is 16.8 Å². The topological polar surface area (TPSA) is 67.0 Å². The number of nitrogens with zero attached hydrogens (tertiary/aromatic N) is 2. The number of hydrogen-bond donors (Lipinski definition) is 1. The average Bonchev–Trinajstić information content (AvgIpc) is 2.91. The standard InChI is InChI=1S/C21H24ClN3O2/c1-14-8-18(16(3)25(14)15(2)13-27-4)10-19(11-23)21(26)24-12-17-6-5-7-20(22)9-17/h5-10,15H,12-13H2,1-4H3,(H,24,26)/b19-10+. The van der Waals surface area contributed by atoms with Crippen LogP contribution in [0.4, 0.5) is 0 Å². The maximum atomic E-state index is 12.4. The van der Waals surface area contributed by atoms with Crippen LogP contribution in [-0.4, -0.2) is 24.2 Å². The van der Waals surface area contributed by atoms with Crippen LogP contribution in [-0.2, 0) is 16.1 Å². The summed E-state index contributed by atoms with van der Waals surface area (Å²) in [6.45, 7) is 6.94. The van der Waals surface area contributed by atoms with Crippen molar-refractivity contribution in [3.05, 3.63) is 63.4 Å². The molecule has 0 aliphatic heterocycles. The van der Waals surface area contributed by atoms with E-state index in [0.717, 1.165) is 22.5 Å². The lowest BCUT2D eigenvalue weighted by Crippen LogP contribution is -2.24. The van der Waals surface area contributed by atoms with Gasteiger partial charge in [0.15, 0.2) is 0 Å². The normalized spacial score (nSPS) is 12.5. The smallest absolute Gasteiger partial charge is 0.262 e. The SMILES string of the molecule is COCC(C)n1c(C)cc(/C=C(\C#N)C(=O)NCc2cccc(Cl)c2)c1C. The van der Waals surface area contributed by atoms with Gasteiger partial charge in [-0.3, -0.25) is 4.79 Å². The van der Waals surface area contributed by atoms with Crippen molar-refractivity contribution in [2.45, 2.75) is 33.4 Å². The number of amides is 1. The molecule has 0 aliphatic carbocycles. The molecule has 1 atom stereocenters. The first-order valence-corrected chi connectivity index (χ1v) is 9.07. The Bertz CT molecular complexity index is 893. The zero-order valence-electron chi connectivity index (χ0n) is 16.0. The van der Waals surface area contributed by atoms with Gasteiger partial charge in [0.25, 0.3) is 5.91 Å². The van der Waals surface area contributed by atoms with Crippen molar-refractivity contribution in [2.24, 2.45) is 0 Å². The largest absolute Gasteiger partial charge is 0.383 e. The number of rotatable bonds is 7. The van der Waals surface area contributed by atoms with Crippen LogP contribution in [0.1, 0.15) is 35.5 Å². The summed E-state index contributed by atoms with van der Waals surface area (Å²) in [5.41, 5.74) is 3.84. The van der Waals surface area contributed by atoms with Gasteiger partial charge in [0, 0.05) is 30.1 Å². The van der Waals surface area contributed by atoms with Gasteiger partial charge in [-0.15, -0.1) is 0 Å². The molecule has 6 heteroatoms. The van der Waals surface area contributed by atoms with Gasteiger partial charge in [0.05, 0.1) is 12.6 Å². The number of halogens is 1. The van der Waals surface area contributed by atoms with Crippen LogP contribution in [0.25, 0.3) is 6.08 Å². The minimum atomic E-state index is -0.410. The molecule has 1 aromatic heterocycles. The van der Waals surface area contributed by atoms with Crippen LogP contribution in [0.5, 0.6) is 0 Å². The number of nitrogens with one attached hydrogen (secondary N) is 1. The van der Waals surface area contributed by atoms with Crippen molar-refractivity contribution in [1.82, 2.24) is 9.88 Å². The molecule has 0 fully saturated rings. The van der Waals surface area contributed by atoms with Crippen molar-refractivity contribution in [1.29, 1.82) is 5.26 Å². The Labute approximate surface area is 165 Å². The van der Waals surface area contributed by atoms with Gasteiger partial charge < -0.3 is 14.6 Å². The van der Waals surface area contributed by atoms with E-state index in [0.29, 0.717) is 18.2 Å². The molecular formula is C21H24ClN3O2. The number of nitriles is 1. The number of carbonyl (C=O) groups excluding carboxylic acids is 1. The molecule has 1 N–H and O–H groups in total. The lowest BCUT2D eigenvalue weighted by molar-refractivity contribution is -0.117. The highest BCUT2D eigenvalue weighted by atomic mass is 35.5. The first-order valence-electron chi connectivity index (χ1n) is 8.69. The minimum absolute atomic E-state index is 0.0664. The highest BCUT2D eigenvalue weighted by molar-refractivity contribution is 6.30. The van der Waals surface area contributed by atoms with Crippen LogP contribution in [0.3, 0.4) is 0 Å². The van der Waals surface area contributed by atoms with Gasteiger partial charge in [-0.05, 0) is 56.2 Å². The van der Waals surface area contributed by atoms with Crippen LogP contribution in [0.2, 0.25) is 5.02 Å². The van der Waals surface area contributed by atoms with Gasteiger partial charge in [0.2, 0.25) is 0 Å². The molecule has 2 aromatic rings. The third-order valence-electron chi connectivity index (χ3n) is 4.38. The van der Waals surface area contributed by atoms with Crippen molar-refractivity contribution < 1.29 is 9.53 Å². The van der Waals surface area contributed by atoms with Crippen molar-refractivity contribution >= 4 is 23.6 Å². The van der Waals surface area contributed by atoms with Crippen LogP contribution >= 0.6 is 11.6 Å². The number of hydrogen-bond acceptors (Lipinski definition) is 3. The number of benzene rings is 1. The number of aryl methyl sites for hydroxylation is 1. The molecule has 2 rings (SSSR count). The Morgan fingerprint density at radius 2 is 2.15 bits per heavy atom. The summed E-state index contributed by atoms with van der Waals surface area (Å²) in [5, 5.41) is 12.8. The zero-order chi connectivity index (χ0) is 20.0. The molecule has 0 bridgehead atoms. The van der Waals surface area contributed by atoms with Gasteiger partial charge >= 0.3 is 0 Å². The molecule has 0 radical (unpaired) electrons. The minimum Gasteiger partial charge on any atom is -0.383 e. The van der Waals surface area contributed by atoms with Gasteiger partial charge in [-0.25, -0.2) is 0 Å². The molecule has 0 spiro atoms. The van der Waals surface area contributed by atoms with E-state index in [4.69, 9.17) is 16.3 Å². The number of aromatic nitrogens is 1. The summed E-state index contributed by atoms with van der Waals surface area (Å²) in [6.07, 6.45) is 1.63. The lowest BCUT2D eigenvalue weighted by Gasteiger charge is -2.17. The Morgan fingerprint density at radius 3 is 2.78 bits per heavy atom. The maximum absolute atomic E-state index is 12.4. The van der Waals surface area contributed by atoms with Crippen molar-refractivity contribution in [2.75, 3.05) is 13.7 Å². The van der Waals surface area contributed by atoms with E-state index in [-0.39, 0.29) is 11.6 Å². The average molecular weight is 386 g/mol. The van der Waals surface area contributed by atoms with Crippen LogP contribution in [0.15, 0.2) is 35.9 Å². The molecule has 0 saturated heterocycles. The number of ether oxygens (including phenoxy) is 1. The second-order valence-electron chi connectivity index (χ2n) is 6.48. The zero-order valence-corrected chi connectivity index (χ0v) is 16.8. The van der Waals surface area contributed by atoms with Crippen LogP contribution < -0.4 is 5.32 Å². The van der Waals surface area contributed by atoms with Gasteiger partial charge in [0.1, 0.15) is 11.6 Å². The highest BCUT2D eigenvalue weighted by Gasteiger charge is 2.15. The number of carbonyl (C=O) groups is 1. The predicted molar refractivity (Wildman–Crippen MR) is 107 cm³/mol. The molecule has 0 saturated carbocycles. The third-order valence-corrected chi connectivity index (χ3v) is 4.61. The Morgan fingerprint density at radius 1 is 1.41 bits per heavy atom. The second-order valence-corrected chi connectivity index (χ2v) is 6.92. The van der Waals surface area contributed by atoms with Crippen molar-refractivity contribution in [3.63, 3.8) is 0 Å². The van der Waals surface area contributed by atoms with E-state index < -0.39 is 5.91 Å². The first kappa shape index (κ1) is 20.8. The summed E-state index contributed by atoms with van der Waals surface area (Å²) >= 11 is 5.95. The predicted octanol–water partition coefficient (Wildman–Crippen LogP) is 4.19. The molecule has 1 aromatic carbocycles. The molecule has 1 heterocycles. The maximum Gasteiger partial charge on any atom is 0.262 e. The second kappa shape index (κ2) is 9.40. The fourth-order valence-corrected chi connectivity index (χ4v) is 3.38. The molecular weight excluding hydrogens is 362 g/mol. The summed E-state index contributed by atoms with van der Waals surface area (Å²) in [4.78, 5) is 12.4. The summed E-state index contributed by atoms with van der Waals surface area (Å²) in [5.74, 6) is -0.410. The Balaban J connectivity index is 2.19. The molecule has 142 valence electrons. The van der Waals surface area contributed by atoms with Crippen molar-refractivity contribution in [3.8, 4) is 6.07 Å². The van der Waals surface area contributed by atoms with Gasteiger partial charge in [-0.1, -0.05) is 23.7 Å². The third kappa shape index (κ3) is 5.22. The van der Waals surface area contributed by atoms with E-state index in [1.807, 2.05) is 38.1 Å². The fraction of sp³-hybridized carbons (Fsp3) is 0.333. The monoisotopic (exact) mass is 385 g/mol. The van der Waals surface area contributed by atoms with E-state index in [1.54, 1.807) is 25.3 Å². The molecule has 5 nitrogen and oxygen atoms in total. The molecule has 1 unspecified atom stereocenters. The first-order chi connectivity index (χ1) is 12.9. The Kier molecular flexibility index (Phi) is 7.23. The lowest BCUT2D eigenvalue weighted by atomic mass is 10.1. The quantitative estimate of drug-likeness (QED) is 0.574. The fourth-order valence-electron chi connectivity index (χ4n) is 3.17. The van der Waals surface area contributed by atoms with E-state index in [1.165, 1.54) is 0 Å². The van der Waals surface area contributed by atoms with Gasteiger partial charge in [-0.2, -0.15) is 5.26 Å². The number of methoxy groups -OCH3 is 1. The van der Waals surface area contributed by atoms with Crippen LogP contribution in [0, 0.1) is 25.2 Å². The van der Waals surface area contributed by atoms with E-state index >= 15 is 0 Å². The summed E-state index contributed by atoms with van der Waals surface area (Å²) in [6, 6.07) is 11.4. The summed E-state index contributed by atoms with van der Waals surface area (Å²) in [7, 11) is 1.67. The molecule has 1 amide bonds.